The number of hydrogen-bond donors (Lipinski definition) is 2. The van der Waals surface area contributed by atoms with Gasteiger partial charge >= 0.3 is 11.9 Å². The number of aryl methyl sites for hydroxylation is 1. The van der Waals surface area contributed by atoms with Gasteiger partial charge in [-0.2, -0.15) is 4.72 Å². The number of carbonyl (C=O) groups is 2. The summed E-state index contributed by atoms with van der Waals surface area (Å²) in [5, 5.41) is 8.99. The average Bonchev–Trinajstić information content (AvgIpc) is 2.39. The van der Waals surface area contributed by atoms with E-state index in [4.69, 9.17) is 5.11 Å². The summed E-state index contributed by atoms with van der Waals surface area (Å²) in [4.78, 5) is 22.1. The molecule has 0 aliphatic heterocycles. The topological polar surface area (TPSA) is 110 Å². The number of carboxylic acids is 1. The number of nitrogens with one attached hydrogen (secondary N) is 1. The summed E-state index contributed by atoms with van der Waals surface area (Å²) < 4.78 is 31.3. The highest BCUT2D eigenvalue weighted by Gasteiger charge is 2.26. The monoisotopic (exact) mass is 379 g/mol. The summed E-state index contributed by atoms with van der Waals surface area (Å²) in [7, 11) is -2.95. The van der Waals surface area contributed by atoms with Gasteiger partial charge in [0.05, 0.1) is 17.6 Å². The van der Waals surface area contributed by atoms with Crippen molar-refractivity contribution in [3.63, 3.8) is 0 Å². The number of halogens is 1. The Morgan fingerprint density at radius 2 is 1.95 bits per heavy atom. The first-order chi connectivity index (χ1) is 9.60. The van der Waals surface area contributed by atoms with Gasteiger partial charge in [-0.1, -0.05) is 0 Å². The summed E-state index contributed by atoms with van der Waals surface area (Å²) >= 11 is 3.12. The van der Waals surface area contributed by atoms with Crippen LogP contribution in [0.4, 0.5) is 0 Å². The highest BCUT2D eigenvalue weighted by atomic mass is 79.9. The fourth-order valence-electron chi connectivity index (χ4n) is 1.58. The number of benzene rings is 1. The van der Waals surface area contributed by atoms with E-state index in [1.807, 2.05) is 0 Å². The Labute approximate surface area is 130 Å². The molecule has 1 rings (SSSR count). The fraction of sp³-hybridized carbons (Fsp3) is 0.333. The van der Waals surface area contributed by atoms with Gasteiger partial charge in [0.1, 0.15) is 6.04 Å². The van der Waals surface area contributed by atoms with E-state index in [-0.39, 0.29) is 14.9 Å². The van der Waals surface area contributed by atoms with E-state index in [9.17, 15) is 18.0 Å². The lowest BCUT2D eigenvalue weighted by Gasteiger charge is -2.14. The SMILES string of the molecule is COC(=O)C(C)NS(=O)(=O)c1cc(C(=O)O)cc(C)c1Br. The maximum Gasteiger partial charge on any atom is 0.335 e. The van der Waals surface area contributed by atoms with Crippen LogP contribution in [-0.4, -0.2) is 38.6 Å². The van der Waals surface area contributed by atoms with Gasteiger partial charge in [-0.05, 0) is 47.5 Å². The molecular weight excluding hydrogens is 366 g/mol. The highest BCUT2D eigenvalue weighted by Crippen LogP contribution is 2.27. The second-order valence-corrected chi connectivity index (χ2v) is 6.75. The highest BCUT2D eigenvalue weighted by molar-refractivity contribution is 9.10. The van der Waals surface area contributed by atoms with Crippen molar-refractivity contribution in [3.05, 3.63) is 27.7 Å². The number of hydrogen-bond acceptors (Lipinski definition) is 5. The molecule has 0 bridgehead atoms. The summed E-state index contributed by atoms with van der Waals surface area (Å²) in [6.07, 6.45) is 0. The normalized spacial score (nSPS) is 12.8. The molecule has 1 unspecified atom stereocenters. The van der Waals surface area contributed by atoms with Gasteiger partial charge in [0.15, 0.2) is 0 Å². The number of rotatable bonds is 5. The standard InChI is InChI=1S/C12H14BrNO6S/c1-6-4-8(11(15)16)5-9(10(6)13)21(18,19)14-7(2)12(17)20-3/h4-5,7,14H,1-3H3,(H,15,16). The molecule has 116 valence electrons. The van der Waals surface area contributed by atoms with E-state index in [0.29, 0.717) is 5.56 Å². The number of ether oxygens (including phenoxy) is 1. The lowest BCUT2D eigenvalue weighted by molar-refractivity contribution is -0.142. The molecule has 0 aliphatic rings. The van der Waals surface area contributed by atoms with Crippen molar-refractivity contribution in [1.29, 1.82) is 0 Å². The van der Waals surface area contributed by atoms with Crippen LogP contribution in [-0.2, 0) is 19.6 Å². The van der Waals surface area contributed by atoms with Crippen LogP contribution in [0.1, 0.15) is 22.8 Å². The molecule has 0 radical (unpaired) electrons. The van der Waals surface area contributed by atoms with Crippen molar-refractivity contribution in [2.75, 3.05) is 7.11 Å². The first-order valence-corrected chi connectivity index (χ1v) is 8.01. The van der Waals surface area contributed by atoms with Crippen LogP contribution in [0, 0.1) is 6.92 Å². The van der Waals surface area contributed by atoms with Gasteiger partial charge in [-0.3, -0.25) is 4.79 Å². The van der Waals surface area contributed by atoms with Crippen LogP contribution < -0.4 is 4.72 Å². The van der Waals surface area contributed by atoms with E-state index in [1.54, 1.807) is 6.92 Å². The third kappa shape index (κ3) is 4.02. The van der Waals surface area contributed by atoms with Gasteiger partial charge in [0.2, 0.25) is 10.0 Å². The van der Waals surface area contributed by atoms with Crippen LogP contribution in [0.5, 0.6) is 0 Å². The van der Waals surface area contributed by atoms with Gasteiger partial charge in [0, 0.05) is 4.47 Å². The zero-order valence-corrected chi connectivity index (χ0v) is 13.9. The Kier molecular flexibility index (Phi) is 5.48. The molecular formula is C12H14BrNO6S. The van der Waals surface area contributed by atoms with Crippen LogP contribution >= 0.6 is 15.9 Å². The maximum atomic E-state index is 12.3. The van der Waals surface area contributed by atoms with Crippen molar-refractivity contribution >= 4 is 37.9 Å². The molecule has 1 atom stereocenters. The zero-order chi connectivity index (χ0) is 16.4. The van der Waals surface area contributed by atoms with Gasteiger partial charge in [-0.15, -0.1) is 0 Å². The molecule has 0 aliphatic carbocycles. The maximum absolute atomic E-state index is 12.3. The van der Waals surface area contributed by atoms with Gasteiger partial charge < -0.3 is 9.84 Å². The van der Waals surface area contributed by atoms with E-state index in [1.165, 1.54) is 13.0 Å². The molecule has 21 heavy (non-hydrogen) atoms. The van der Waals surface area contributed by atoms with Crippen molar-refractivity contribution in [1.82, 2.24) is 4.72 Å². The molecule has 0 fully saturated rings. The lowest BCUT2D eigenvalue weighted by Crippen LogP contribution is -2.39. The molecule has 0 heterocycles. The van der Waals surface area contributed by atoms with Crippen molar-refractivity contribution in [3.8, 4) is 0 Å². The quantitative estimate of drug-likeness (QED) is 0.746. The molecule has 0 amide bonds. The summed E-state index contributed by atoms with van der Waals surface area (Å²) in [5.74, 6) is -2.00. The number of carboxylic acid groups (broad SMARTS) is 1. The van der Waals surface area contributed by atoms with E-state index in [0.717, 1.165) is 13.2 Å². The zero-order valence-electron chi connectivity index (χ0n) is 11.5. The second-order valence-electron chi connectivity index (χ2n) is 4.28. The predicted octanol–water partition coefficient (Wildman–Crippen LogP) is 1.30. The minimum Gasteiger partial charge on any atom is -0.478 e. The Bertz CT molecular complexity index is 685. The van der Waals surface area contributed by atoms with Crippen molar-refractivity contribution < 1.29 is 27.9 Å². The van der Waals surface area contributed by atoms with Gasteiger partial charge in [0.25, 0.3) is 0 Å². The lowest BCUT2D eigenvalue weighted by atomic mass is 10.1. The van der Waals surface area contributed by atoms with Crippen LogP contribution in [0.25, 0.3) is 0 Å². The van der Waals surface area contributed by atoms with Crippen LogP contribution in [0.15, 0.2) is 21.5 Å². The first kappa shape index (κ1) is 17.6. The Hall–Kier alpha value is -1.45. The van der Waals surface area contributed by atoms with Crippen LogP contribution in [0.2, 0.25) is 0 Å². The molecule has 1 aromatic carbocycles. The number of methoxy groups -OCH3 is 1. The Balaban J connectivity index is 3.31. The Morgan fingerprint density at radius 1 is 1.38 bits per heavy atom. The van der Waals surface area contributed by atoms with E-state index >= 15 is 0 Å². The van der Waals surface area contributed by atoms with E-state index < -0.39 is 28.0 Å². The number of esters is 1. The smallest absolute Gasteiger partial charge is 0.335 e. The molecule has 0 aromatic heterocycles. The third-order valence-corrected chi connectivity index (χ3v) is 5.52. The second kappa shape index (κ2) is 6.54. The van der Waals surface area contributed by atoms with Crippen molar-refractivity contribution in [2.45, 2.75) is 24.8 Å². The Morgan fingerprint density at radius 3 is 2.43 bits per heavy atom. The molecule has 7 nitrogen and oxygen atoms in total. The number of carbonyl (C=O) groups excluding carboxylic acids is 1. The molecule has 0 saturated heterocycles. The predicted molar refractivity (Wildman–Crippen MR) is 77.6 cm³/mol. The number of aromatic carboxylic acids is 1. The summed E-state index contributed by atoms with van der Waals surface area (Å²) in [6.45, 7) is 2.89. The third-order valence-electron chi connectivity index (χ3n) is 2.64. The molecule has 2 N–H and O–H groups in total. The molecule has 9 heteroatoms. The average molecular weight is 380 g/mol. The molecule has 0 spiro atoms. The van der Waals surface area contributed by atoms with Gasteiger partial charge in [-0.25, -0.2) is 13.2 Å². The fourth-order valence-corrected chi connectivity index (χ4v) is 3.81. The molecule has 1 aromatic rings. The summed E-state index contributed by atoms with van der Waals surface area (Å²) in [6, 6.07) is 1.27. The van der Waals surface area contributed by atoms with Crippen molar-refractivity contribution in [2.24, 2.45) is 0 Å². The van der Waals surface area contributed by atoms with E-state index in [2.05, 4.69) is 25.4 Å². The summed E-state index contributed by atoms with van der Waals surface area (Å²) in [5.41, 5.74) is 0.280. The first-order valence-electron chi connectivity index (χ1n) is 5.73. The largest absolute Gasteiger partial charge is 0.478 e. The van der Waals surface area contributed by atoms with Crippen LogP contribution in [0.3, 0.4) is 0 Å². The minimum absolute atomic E-state index is 0.165. The number of sulfonamides is 1. The minimum atomic E-state index is -4.08. The molecule has 0 saturated carbocycles.